The minimum absolute atomic E-state index is 0. The number of H-pyrrole nitrogens is 1. The van der Waals surface area contributed by atoms with Crippen molar-refractivity contribution < 1.29 is 9.32 Å². The van der Waals surface area contributed by atoms with Crippen LogP contribution in [0.15, 0.2) is 35.1 Å². The van der Waals surface area contributed by atoms with Gasteiger partial charge in [0.25, 0.3) is 5.91 Å². The van der Waals surface area contributed by atoms with Crippen LogP contribution in [0.5, 0.6) is 0 Å². The van der Waals surface area contributed by atoms with Crippen molar-refractivity contribution in [2.75, 3.05) is 0 Å². The number of amides is 1. The molecule has 0 bridgehead atoms. The lowest BCUT2D eigenvalue weighted by Crippen LogP contribution is -2.32. The van der Waals surface area contributed by atoms with Crippen LogP contribution >= 0.6 is 12.4 Å². The van der Waals surface area contributed by atoms with Crippen molar-refractivity contribution in [2.45, 2.75) is 26.4 Å². The fourth-order valence-electron chi connectivity index (χ4n) is 2.30. The van der Waals surface area contributed by atoms with Crippen molar-refractivity contribution in [2.24, 2.45) is 11.7 Å². The predicted octanol–water partition coefficient (Wildman–Crippen LogP) is 1.86. The Morgan fingerprint density at radius 1 is 1.31 bits per heavy atom. The zero-order valence-electron chi connectivity index (χ0n) is 14.3. The number of carbonyl (C=O) groups is 1. The highest BCUT2D eigenvalue weighted by Gasteiger charge is 2.25. The molecule has 2 aromatic heterocycles. The molecule has 0 aliphatic rings. The molecule has 0 saturated heterocycles. The first kappa shape index (κ1) is 19.5. The molecule has 1 atom stereocenters. The van der Waals surface area contributed by atoms with Crippen molar-refractivity contribution in [3.05, 3.63) is 47.6 Å². The van der Waals surface area contributed by atoms with Gasteiger partial charge in [-0.3, -0.25) is 9.89 Å². The van der Waals surface area contributed by atoms with Crippen LogP contribution in [0.25, 0.3) is 11.6 Å². The van der Waals surface area contributed by atoms with Crippen LogP contribution in [0.3, 0.4) is 0 Å². The highest BCUT2D eigenvalue weighted by atomic mass is 35.5. The van der Waals surface area contributed by atoms with E-state index in [-0.39, 0.29) is 24.2 Å². The average Bonchev–Trinajstić information content (AvgIpc) is 3.30. The minimum Gasteiger partial charge on any atom is -0.340 e. The molecule has 10 heteroatoms. The number of nitrogens with zero attached hydrogens (tertiary/aromatic N) is 4. The number of rotatable bonds is 6. The van der Waals surface area contributed by atoms with E-state index in [1.807, 2.05) is 26.0 Å². The Balaban J connectivity index is 0.00000243. The van der Waals surface area contributed by atoms with Gasteiger partial charge in [0.15, 0.2) is 5.82 Å². The fourth-order valence-corrected chi connectivity index (χ4v) is 2.30. The topological polar surface area (TPSA) is 136 Å². The Kier molecular flexibility index (Phi) is 6.42. The summed E-state index contributed by atoms with van der Waals surface area (Å²) >= 11 is 0. The number of nitrogens with two attached hydrogens (primary N) is 1. The van der Waals surface area contributed by atoms with Crippen molar-refractivity contribution in [3.8, 4) is 11.6 Å². The van der Waals surface area contributed by atoms with Gasteiger partial charge < -0.3 is 15.6 Å². The lowest BCUT2D eigenvalue weighted by Gasteiger charge is -2.18. The lowest BCUT2D eigenvalue weighted by atomic mass is 10.0. The first-order chi connectivity index (χ1) is 12.1. The number of benzene rings is 1. The summed E-state index contributed by atoms with van der Waals surface area (Å²) in [5.74, 6) is 0.839. The van der Waals surface area contributed by atoms with Gasteiger partial charge in [0.05, 0.1) is 0 Å². The van der Waals surface area contributed by atoms with E-state index in [2.05, 4.69) is 30.6 Å². The normalized spacial score (nSPS) is 11.8. The average molecular weight is 378 g/mol. The summed E-state index contributed by atoms with van der Waals surface area (Å²) in [6, 6.07) is 6.71. The number of aromatic nitrogens is 5. The van der Waals surface area contributed by atoms with E-state index in [9.17, 15) is 4.79 Å². The summed E-state index contributed by atoms with van der Waals surface area (Å²) in [6.07, 6.45) is 1.36. The number of hydrogen-bond donors (Lipinski definition) is 3. The molecule has 26 heavy (non-hydrogen) atoms. The number of hydrogen-bond acceptors (Lipinski definition) is 7. The van der Waals surface area contributed by atoms with Crippen LogP contribution < -0.4 is 11.1 Å². The highest BCUT2D eigenvalue weighted by molar-refractivity contribution is 5.94. The van der Waals surface area contributed by atoms with E-state index in [1.54, 1.807) is 12.1 Å². The van der Waals surface area contributed by atoms with Gasteiger partial charge in [-0.1, -0.05) is 31.1 Å². The molecule has 1 unspecified atom stereocenters. The molecule has 3 rings (SSSR count). The number of aromatic amines is 1. The molecule has 2 heterocycles. The van der Waals surface area contributed by atoms with Crippen LogP contribution in [-0.4, -0.2) is 31.2 Å². The minimum atomic E-state index is -0.425. The third-order valence-electron chi connectivity index (χ3n) is 3.74. The molecule has 0 aliphatic carbocycles. The molecular formula is C16H20ClN7O2. The first-order valence-electron chi connectivity index (χ1n) is 7.87. The summed E-state index contributed by atoms with van der Waals surface area (Å²) in [6.45, 7) is 4.35. The smallest absolute Gasteiger partial charge is 0.251 e. The van der Waals surface area contributed by atoms with Gasteiger partial charge in [0, 0.05) is 12.1 Å². The maximum atomic E-state index is 12.5. The van der Waals surface area contributed by atoms with E-state index < -0.39 is 6.04 Å². The summed E-state index contributed by atoms with van der Waals surface area (Å²) in [5.41, 5.74) is 7.08. The van der Waals surface area contributed by atoms with Gasteiger partial charge in [-0.2, -0.15) is 10.1 Å². The molecule has 0 spiro atoms. The molecule has 4 N–H and O–H groups in total. The van der Waals surface area contributed by atoms with Gasteiger partial charge in [-0.15, -0.1) is 12.4 Å². The first-order valence-corrected chi connectivity index (χ1v) is 7.87. The Bertz CT molecular complexity index is 831. The second kappa shape index (κ2) is 8.54. The monoisotopic (exact) mass is 377 g/mol. The molecule has 9 nitrogen and oxygen atoms in total. The van der Waals surface area contributed by atoms with E-state index in [1.165, 1.54) is 6.33 Å². The van der Waals surface area contributed by atoms with Gasteiger partial charge >= 0.3 is 0 Å². The second-order valence-corrected chi connectivity index (χ2v) is 5.89. The quantitative estimate of drug-likeness (QED) is 0.596. The molecule has 3 aromatic rings. The summed E-state index contributed by atoms with van der Waals surface area (Å²) in [5, 5.41) is 13.2. The Morgan fingerprint density at radius 3 is 2.62 bits per heavy atom. The predicted molar refractivity (Wildman–Crippen MR) is 96.3 cm³/mol. The molecule has 1 aromatic carbocycles. The van der Waals surface area contributed by atoms with Crippen LogP contribution in [0.2, 0.25) is 0 Å². The Hall–Kier alpha value is -2.78. The van der Waals surface area contributed by atoms with Crippen LogP contribution in [0.4, 0.5) is 0 Å². The summed E-state index contributed by atoms with van der Waals surface area (Å²) in [7, 11) is 0. The highest BCUT2D eigenvalue weighted by Crippen LogP contribution is 2.22. The zero-order valence-corrected chi connectivity index (χ0v) is 15.2. The molecule has 0 radical (unpaired) electrons. The van der Waals surface area contributed by atoms with Crippen molar-refractivity contribution in [1.82, 2.24) is 30.6 Å². The molecular weight excluding hydrogens is 358 g/mol. The maximum Gasteiger partial charge on any atom is 0.251 e. The van der Waals surface area contributed by atoms with Crippen molar-refractivity contribution >= 4 is 18.3 Å². The molecule has 0 fully saturated rings. The second-order valence-electron chi connectivity index (χ2n) is 5.89. The Labute approximate surface area is 156 Å². The van der Waals surface area contributed by atoms with Crippen molar-refractivity contribution in [3.63, 3.8) is 0 Å². The zero-order chi connectivity index (χ0) is 17.8. The molecule has 0 saturated carbocycles. The van der Waals surface area contributed by atoms with Gasteiger partial charge in [0.1, 0.15) is 12.4 Å². The van der Waals surface area contributed by atoms with E-state index in [0.717, 1.165) is 5.56 Å². The third-order valence-corrected chi connectivity index (χ3v) is 3.74. The number of carbonyl (C=O) groups excluding carboxylic acids is 1. The van der Waals surface area contributed by atoms with Crippen LogP contribution in [-0.2, 0) is 6.54 Å². The SMILES string of the molecule is CC(C)C(NC(=O)c1ccc(CN)cc1)c1nc(-c2ncn[nH]2)no1.Cl. The Morgan fingerprint density at radius 2 is 2.04 bits per heavy atom. The van der Waals surface area contributed by atoms with Crippen molar-refractivity contribution in [1.29, 1.82) is 0 Å². The molecule has 1 amide bonds. The van der Waals surface area contributed by atoms with Gasteiger partial charge in [0.2, 0.25) is 11.7 Å². The van der Waals surface area contributed by atoms with Crippen LogP contribution in [0, 0.1) is 5.92 Å². The van der Waals surface area contributed by atoms with Gasteiger partial charge in [-0.25, -0.2) is 4.98 Å². The van der Waals surface area contributed by atoms with E-state index in [0.29, 0.717) is 29.6 Å². The summed E-state index contributed by atoms with van der Waals surface area (Å²) in [4.78, 5) is 20.8. The van der Waals surface area contributed by atoms with E-state index >= 15 is 0 Å². The third kappa shape index (κ3) is 4.24. The van der Waals surface area contributed by atoms with Crippen LogP contribution in [0.1, 0.15) is 41.7 Å². The summed E-state index contributed by atoms with van der Waals surface area (Å²) < 4.78 is 5.31. The maximum absolute atomic E-state index is 12.5. The fraction of sp³-hybridized carbons (Fsp3) is 0.312. The number of nitrogens with one attached hydrogen (secondary N) is 2. The lowest BCUT2D eigenvalue weighted by molar-refractivity contribution is 0.0914. The van der Waals surface area contributed by atoms with E-state index in [4.69, 9.17) is 10.3 Å². The van der Waals surface area contributed by atoms with Gasteiger partial charge in [-0.05, 0) is 23.6 Å². The molecule has 138 valence electrons. The number of halogens is 1. The standard InChI is InChI=1S/C16H19N7O2.ClH/c1-9(2)12(16-21-14(23-25-16)13-18-8-19-22-13)20-15(24)11-5-3-10(7-17)4-6-11;/h3-6,8-9,12H,7,17H2,1-2H3,(H,20,24)(H,18,19,22);1H. The largest absolute Gasteiger partial charge is 0.340 e. The molecule has 0 aliphatic heterocycles.